The standard InChI is InChI=1S/C43H48FN9O4S/c1-2-26-58(56,57)49-38-5-3-4-36(41(38)44)37-29-53(48-42(37)32-14-18-45-19-15-32)34-10-12-39(46-27-34)52-24-22-50(23-25-52)28-30-16-20-51(21-17-30)33-8-6-31(7-9-33)35-11-13-40(54)47-43(35)55/h3-10,12,14-15,18-19,27,29-30,35,49H,2,11,13,16-17,20-26,28H2,1H3,(H,47,54,55)/t35-/m0/s1. The number of amides is 2. The van der Waals surface area contributed by atoms with Crippen LogP contribution in [0.2, 0.25) is 0 Å². The number of hydrogen-bond acceptors (Lipinski definition) is 10. The highest BCUT2D eigenvalue weighted by atomic mass is 32.2. The number of nitrogens with one attached hydrogen (secondary N) is 2. The molecule has 2 aromatic carbocycles. The van der Waals surface area contributed by atoms with Crippen LogP contribution in [0.3, 0.4) is 0 Å². The number of sulfonamides is 1. The van der Waals surface area contributed by atoms with E-state index in [1.807, 2.05) is 24.3 Å². The first-order chi connectivity index (χ1) is 28.1. The zero-order valence-electron chi connectivity index (χ0n) is 32.6. The molecule has 0 saturated carbocycles. The number of piperazine rings is 1. The van der Waals surface area contributed by atoms with Gasteiger partial charge in [-0.15, -0.1) is 0 Å². The van der Waals surface area contributed by atoms with Gasteiger partial charge in [-0.3, -0.25) is 29.5 Å². The Labute approximate surface area is 338 Å². The van der Waals surface area contributed by atoms with Gasteiger partial charge in [-0.05, 0) is 79.6 Å². The first kappa shape index (κ1) is 39.2. The third-order valence-electron chi connectivity index (χ3n) is 11.4. The largest absolute Gasteiger partial charge is 0.372 e. The van der Waals surface area contributed by atoms with Crippen LogP contribution in [0.25, 0.3) is 28.1 Å². The molecule has 2 N–H and O–H groups in total. The molecule has 3 fully saturated rings. The molecule has 302 valence electrons. The molecule has 3 aromatic heterocycles. The smallest absolute Gasteiger partial charge is 0.234 e. The minimum absolute atomic E-state index is 0.106. The Kier molecular flexibility index (Phi) is 11.5. The lowest BCUT2D eigenvalue weighted by Gasteiger charge is -2.39. The molecule has 0 spiro atoms. The minimum Gasteiger partial charge on any atom is -0.372 e. The number of carbonyl (C=O) groups excluding carboxylic acids is 2. The van der Waals surface area contributed by atoms with Gasteiger partial charge >= 0.3 is 0 Å². The number of halogens is 1. The van der Waals surface area contributed by atoms with Crippen LogP contribution in [-0.2, 0) is 19.6 Å². The second kappa shape index (κ2) is 17.0. The summed E-state index contributed by atoms with van der Waals surface area (Å²) in [6.45, 7) is 8.52. The maximum Gasteiger partial charge on any atom is 0.234 e. The fraction of sp³-hybridized carbons (Fsp3) is 0.372. The Bertz CT molecular complexity index is 2340. The predicted molar refractivity (Wildman–Crippen MR) is 223 cm³/mol. The summed E-state index contributed by atoms with van der Waals surface area (Å²) < 4.78 is 45.1. The Morgan fingerprint density at radius 1 is 0.845 bits per heavy atom. The second-order valence-electron chi connectivity index (χ2n) is 15.3. The first-order valence-corrected chi connectivity index (χ1v) is 21.7. The van der Waals surface area contributed by atoms with E-state index in [4.69, 9.17) is 10.1 Å². The Hall–Kier alpha value is -5.67. The van der Waals surface area contributed by atoms with E-state index in [0.29, 0.717) is 42.1 Å². The number of aromatic nitrogens is 4. The van der Waals surface area contributed by atoms with Gasteiger partial charge < -0.3 is 9.80 Å². The molecule has 2 amide bonds. The third kappa shape index (κ3) is 8.75. The summed E-state index contributed by atoms with van der Waals surface area (Å²) in [7, 11) is -3.70. The molecule has 13 nitrogen and oxygen atoms in total. The molecular weight excluding hydrogens is 758 g/mol. The van der Waals surface area contributed by atoms with E-state index in [-0.39, 0.29) is 34.7 Å². The maximum atomic E-state index is 16.0. The third-order valence-corrected chi connectivity index (χ3v) is 12.9. The number of carbonyl (C=O) groups is 2. The predicted octanol–water partition coefficient (Wildman–Crippen LogP) is 5.85. The Morgan fingerprint density at radius 3 is 2.28 bits per heavy atom. The molecule has 3 saturated heterocycles. The number of nitrogens with zero attached hydrogens (tertiary/aromatic N) is 7. The van der Waals surface area contributed by atoms with E-state index >= 15 is 4.39 Å². The number of anilines is 3. The fourth-order valence-corrected chi connectivity index (χ4v) is 9.39. The normalized spacial score (nSPS) is 18.3. The van der Waals surface area contributed by atoms with Crippen LogP contribution >= 0.6 is 0 Å². The fourth-order valence-electron chi connectivity index (χ4n) is 8.26. The molecule has 0 radical (unpaired) electrons. The molecule has 8 rings (SSSR count). The quantitative estimate of drug-likeness (QED) is 0.148. The van der Waals surface area contributed by atoms with Crippen molar-refractivity contribution in [1.82, 2.24) is 30.0 Å². The number of rotatable bonds is 12. The van der Waals surface area contributed by atoms with Gasteiger partial charge in [-0.2, -0.15) is 5.10 Å². The number of pyridine rings is 2. The summed E-state index contributed by atoms with van der Waals surface area (Å²) in [5, 5.41) is 7.31. The first-order valence-electron chi connectivity index (χ1n) is 20.1. The van der Waals surface area contributed by atoms with E-state index in [9.17, 15) is 18.0 Å². The van der Waals surface area contributed by atoms with Gasteiger partial charge in [0.2, 0.25) is 21.8 Å². The van der Waals surface area contributed by atoms with E-state index in [1.54, 1.807) is 60.7 Å². The lowest BCUT2D eigenvalue weighted by molar-refractivity contribution is -0.134. The molecule has 0 unspecified atom stereocenters. The lowest BCUT2D eigenvalue weighted by atomic mass is 9.90. The summed E-state index contributed by atoms with van der Waals surface area (Å²) in [6, 6.07) is 20.5. The van der Waals surface area contributed by atoms with E-state index in [1.165, 1.54) is 11.8 Å². The zero-order valence-corrected chi connectivity index (χ0v) is 33.4. The van der Waals surface area contributed by atoms with E-state index in [0.717, 1.165) is 75.6 Å². The number of imide groups is 1. The molecule has 6 heterocycles. The molecule has 3 aliphatic rings. The van der Waals surface area contributed by atoms with Gasteiger partial charge in [-0.1, -0.05) is 31.2 Å². The topological polar surface area (TPSA) is 146 Å². The Balaban J connectivity index is 0.873. The van der Waals surface area contributed by atoms with Crippen molar-refractivity contribution in [3.8, 4) is 28.1 Å². The average molecular weight is 806 g/mol. The second-order valence-corrected chi connectivity index (χ2v) is 17.2. The zero-order chi connectivity index (χ0) is 40.2. The molecule has 3 aliphatic heterocycles. The molecule has 15 heteroatoms. The summed E-state index contributed by atoms with van der Waals surface area (Å²) in [5.74, 6) is 0.0986. The highest BCUT2D eigenvalue weighted by Crippen LogP contribution is 2.36. The van der Waals surface area contributed by atoms with Crippen LogP contribution in [0, 0.1) is 11.7 Å². The van der Waals surface area contributed by atoms with E-state index in [2.05, 4.69) is 41.9 Å². The van der Waals surface area contributed by atoms with Crippen molar-refractivity contribution in [2.45, 2.75) is 44.9 Å². The van der Waals surface area contributed by atoms with Crippen molar-refractivity contribution in [2.24, 2.45) is 5.92 Å². The van der Waals surface area contributed by atoms with Crippen LogP contribution in [0.1, 0.15) is 50.5 Å². The van der Waals surface area contributed by atoms with Gasteiger partial charge in [-0.25, -0.2) is 22.5 Å². The number of benzene rings is 2. The summed E-state index contributed by atoms with van der Waals surface area (Å²) in [5.41, 5.74) is 4.74. The van der Waals surface area contributed by atoms with Crippen LogP contribution in [0.15, 0.2) is 91.5 Å². The maximum absolute atomic E-state index is 16.0. The minimum atomic E-state index is -3.70. The van der Waals surface area contributed by atoms with Gasteiger partial charge in [0.05, 0.1) is 29.2 Å². The van der Waals surface area contributed by atoms with Gasteiger partial charge in [0, 0.05) is 93.2 Å². The monoisotopic (exact) mass is 805 g/mol. The molecule has 5 aromatic rings. The van der Waals surface area contributed by atoms with Crippen molar-refractivity contribution in [3.05, 3.63) is 103 Å². The molecule has 1 atom stereocenters. The number of piperidine rings is 2. The lowest BCUT2D eigenvalue weighted by Crippen LogP contribution is -2.49. The van der Waals surface area contributed by atoms with Gasteiger partial charge in [0.15, 0.2) is 5.82 Å². The van der Waals surface area contributed by atoms with Crippen molar-refractivity contribution in [1.29, 1.82) is 0 Å². The summed E-state index contributed by atoms with van der Waals surface area (Å²) in [6.07, 6.45) is 10.4. The van der Waals surface area contributed by atoms with Gasteiger partial charge in [0.1, 0.15) is 11.5 Å². The molecule has 0 aliphatic carbocycles. The Morgan fingerprint density at radius 2 is 1.59 bits per heavy atom. The van der Waals surface area contributed by atoms with Crippen molar-refractivity contribution in [3.63, 3.8) is 0 Å². The average Bonchev–Trinajstić information content (AvgIpc) is 3.68. The van der Waals surface area contributed by atoms with Crippen LogP contribution < -0.4 is 19.8 Å². The molecule has 0 bridgehead atoms. The van der Waals surface area contributed by atoms with Crippen LogP contribution in [-0.4, -0.2) is 96.4 Å². The highest BCUT2D eigenvalue weighted by Gasteiger charge is 2.29. The molecule has 58 heavy (non-hydrogen) atoms. The highest BCUT2D eigenvalue weighted by molar-refractivity contribution is 7.92. The van der Waals surface area contributed by atoms with Crippen molar-refractivity contribution < 1.29 is 22.4 Å². The van der Waals surface area contributed by atoms with Crippen molar-refractivity contribution in [2.75, 3.05) is 66.1 Å². The van der Waals surface area contributed by atoms with Crippen molar-refractivity contribution >= 4 is 39.0 Å². The van der Waals surface area contributed by atoms with Crippen LogP contribution in [0.5, 0.6) is 0 Å². The summed E-state index contributed by atoms with van der Waals surface area (Å²) in [4.78, 5) is 40.1. The SMILES string of the molecule is CCCS(=O)(=O)Nc1cccc(-c2cn(-c3ccc(N4CCN(CC5CCN(c6ccc([C@@H]7CCC(=O)NC7=O)cc6)CC5)CC4)nc3)nc2-c2ccncc2)c1F. The number of hydrogen-bond donors (Lipinski definition) is 2. The van der Waals surface area contributed by atoms with E-state index < -0.39 is 15.8 Å². The van der Waals surface area contributed by atoms with Crippen LogP contribution in [0.4, 0.5) is 21.6 Å². The van der Waals surface area contributed by atoms with Gasteiger partial charge in [0.25, 0.3) is 0 Å². The summed E-state index contributed by atoms with van der Waals surface area (Å²) >= 11 is 0. The molecular formula is C43H48FN9O4S.